The maximum atomic E-state index is 12.5. The van der Waals surface area contributed by atoms with Gasteiger partial charge in [0.05, 0.1) is 17.6 Å². The number of aryl methyl sites for hydroxylation is 2. The number of nitrogens with zero attached hydrogens (tertiary/aromatic N) is 2. The second-order valence-corrected chi connectivity index (χ2v) is 8.21. The van der Waals surface area contributed by atoms with Crippen LogP contribution in [0.5, 0.6) is 5.75 Å². The first-order valence-corrected chi connectivity index (χ1v) is 11.1. The summed E-state index contributed by atoms with van der Waals surface area (Å²) in [6, 6.07) is 21.3. The van der Waals surface area contributed by atoms with Crippen molar-refractivity contribution in [2.45, 2.75) is 26.8 Å². The number of fused-ring (bicyclic) bond motifs is 1. The molecule has 0 bridgehead atoms. The van der Waals surface area contributed by atoms with Gasteiger partial charge < -0.3 is 14.6 Å². The first-order valence-electron chi connectivity index (χ1n) is 10.7. The van der Waals surface area contributed by atoms with Crippen molar-refractivity contribution in [3.05, 3.63) is 94.3 Å². The number of hydrogen-bond donors (Lipinski definition) is 1. The standard InChI is InChI=1S/C26H26ClN3O2/c1-18-6-5-7-20(16-18)26(31)28-13-12-25-29-23-8-3-4-9-24(23)30(25)14-15-32-21-10-11-22(27)19(2)17-21/h3-11,16-17H,12-15H2,1-2H3,(H,28,31). The summed E-state index contributed by atoms with van der Waals surface area (Å²) in [5.41, 5.74) is 4.72. The number of ether oxygens (including phenoxy) is 1. The van der Waals surface area contributed by atoms with Crippen LogP contribution in [0.4, 0.5) is 0 Å². The molecule has 0 radical (unpaired) electrons. The van der Waals surface area contributed by atoms with Gasteiger partial charge in [0.1, 0.15) is 18.2 Å². The molecule has 0 saturated carbocycles. The zero-order valence-electron chi connectivity index (χ0n) is 18.3. The summed E-state index contributed by atoms with van der Waals surface area (Å²) < 4.78 is 8.12. The largest absolute Gasteiger partial charge is 0.492 e. The molecule has 1 N–H and O–H groups in total. The van der Waals surface area contributed by atoms with Gasteiger partial charge in [-0.05, 0) is 61.9 Å². The van der Waals surface area contributed by atoms with Gasteiger partial charge in [-0.2, -0.15) is 0 Å². The molecular weight excluding hydrogens is 422 g/mol. The topological polar surface area (TPSA) is 56.2 Å². The fraction of sp³-hybridized carbons (Fsp3) is 0.231. The van der Waals surface area contributed by atoms with E-state index in [0.717, 1.165) is 38.8 Å². The third-order valence-corrected chi connectivity index (χ3v) is 5.79. The zero-order chi connectivity index (χ0) is 22.5. The molecule has 164 valence electrons. The number of halogens is 1. The molecule has 0 fully saturated rings. The highest BCUT2D eigenvalue weighted by atomic mass is 35.5. The number of carbonyl (C=O) groups is 1. The summed E-state index contributed by atoms with van der Waals surface area (Å²) in [6.07, 6.45) is 0.631. The van der Waals surface area contributed by atoms with Crippen LogP contribution >= 0.6 is 11.6 Å². The highest BCUT2D eigenvalue weighted by molar-refractivity contribution is 6.31. The van der Waals surface area contributed by atoms with Gasteiger partial charge in [-0.1, -0.05) is 41.4 Å². The Morgan fingerprint density at radius 1 is 1.06 bits per heavy atom. The van der Waals surface area contributed by atoms with Crippen molar-refractivity contribution >= 4 is 28.5 Å². The smallest absolute Gasteiger partial charge is 0.251 e. The van der Waals surface area contributed by atoms with E-state index in [1.165, 1.54) is 0 Å². The molecule has 0 aliphatic rings. The van der Waals surface area contributed by atoms with Crippen LogP contribution in [0.1, 0.15) is 27.3 Å². The highest BCUT2D eigenvalue weighted by Gasteiger charge is 2.12. The molecule has 3 aromatic carbocycles. The zero-order valence-corrected chi connectivity index (χ0v) is 19.0. The number of imidazole rings is 1. The molecule has 1 aromatic heterocycles. The molecule has 0 spiro atoms. The summed E-state index contributed by atoms with van der Waals surface area (Å²) in [5, 5.41) is 3.73. The Hall–Kier alpha value is -3.31. The maximum Gasteiger partial charge on any atom is 0.251 e. The molecule has 1 heterocycles. The van der Waals surface area contributed by atoms with Gasteiger partial charge in [-0.3, -0.25) is 4.79 Å². The van der Waals surface area contributed by atoms with E-state index in [-0.39, 0.29) is 5.91 Å². The van der Waals surface area contributed by atoms with E-state index >= 15 is 0 Å². The molecule has 4 aromatic rings. The monoisotopic (exact) mass is 447 g/mol. The van der Waals surface area contributed by atoms with Crippen molar-refractivity contribution in [2.75, 3.05) is 13.2 Å². The van der Waals surface area contributed by atoms with Crippen molar-refractivity contribution in [1.29, 1.82) is 0 Å². The Morgan fingerprint density at radius 2 is 1.91 bits per heavy atom. The van der Waals surface area contributed by atoms with Crippen LogP contribution < -0.4 is 10.1 Å². The minimum absolute atomic E-state index is 0.0715. The highest BCUT2D eigenvalue weighted by Crippen LogP contribution is 2.21. The van der Waals surface area contributed by atoms with Crippen LogP contribution in [0.15, 0.2) is 66.7 Å². The fourth-order valence-corrected chi connectivity index (χ4v) is 3.82. The van der Waals surface area contributed by atoms with Crippen LogP contribution in [0.2, 0.25) is 5.02 Å². The SMILES string of the molecule is Cc1cccc(C(=O)NCCc2nc3ccccc3n2CCOc2ccc(Cl)c(C)c2)c1. The van der Waals surface area contributed by atoms with Gasteiger partial charge in [-0.25, -0.2) is 4.98 Å². The van der Waals surface area contributed by atoms with Crippen molar-refractivity contribution in [3.8, 4) is 5.75 Å². The van der Waals surface area contributed by atoms with Gasteiger partial charge in [-0.15, -0.1) is 0 Å². The average molecular weight is 448 g/mol. The molecule has 0 unspecified atom stereocenters. The molecule has 5 nitrogen and oxygen atoms in total. The van der Waals surface area contributed by atoms with Crippen LogP contribution in [0.25, 0.3) is 11.0 Å². The van der Waals surface area contributed by atoms with Crippen LogP contribution in [-0.4, -0.2) is 28.6 Å². The van der Waals surface area contributed by atoms with E-state index < -0.39 is 0 Å². The number of aromatic nitrogens is 2. The molecule has 0 aliphatic carbocycles. The predicted molar refractivity (Wildman–Crippen MR) is 129 cm³/mol. The summed E-state index contributed by atoms with van der Waals surface area (Å²) in [7, 11) is 0. The first-order chi connectivity index (χ1) is 15.5. The molecule has 4 rings (SSSR count). The predicted octanol–water partition coefficient (Wildman–Crippen LogP) is 5.36. The number of rotatable bonds is 8. The lowest BCUT2D eigenvalue weighted by Gasteiger charge is -2.12. The maximum absolute atomic E-state index is 12.5. The van der Waals surface area contributed by atoms with Crippen molar-refractivity contribution in [2.24, 2.45) is 0 Å². The number of para-hydroxylation sites is 2. The molecular formula is C26H26ClN3O2. The third kappa shape index (κ3) is 5.11. The molecule has 1 amide bonds. The van der Waals surface area contributed by atoms with Gasteiger partial charge in [0.25, 0.3) is 5.91 Å². The van der Waals surface area contributed by atoms with E-state index in [0.29, 0.717) is 31.7 Å². The quantitative estimate of drug-likeness (QED) is 0.395. The lowest BCUT2D eigenvalue weighted by atomic mass is 10.1. The molecule has 0 aliphatic heterocycles. The molecule has 0 atom stereocenters. The summed E-state index contributed by atoms with van der Waals surface area (Å²) in [6.45, 7) is 5.61. The second kappa shape index (κ2) is 9.88. The normalized spacial score (nSPS) is 11.0. The van der Waals surface area contributed by atoms with E-state index in [2.05, 4.69) is 16.0 Å². The first kappa shape index (κ1) is 21.9. The Balaban J connectivity index is 1.42. The Morgan fingerprint density at radius 3 is 2.72 bits per heavy atom. The van der Waals surface area contributed by atoms with Crippen molar-refractivity contribution in [1.82, 2.24) is 14.9 Å². The van der Waals surface area contributed by atoms with E-state index in [9.17, 15) is 4.79 Å². The molecule has 0 saturated heterocycles. The van der Waals surface area contributed by atoms with Gasteiger partial charge in [0, 0.05) is 23.6 Å². The summed E-state index contributed by atoms with van der Waals surface area (Å²) in [4.78, 5) is 17.2. The minimum atomic E-state index is -0.0715. The van der Waals surface area contributed by atoms with Crippen LogP contribution in [0.3, 0.4) is 0 Å². The Kier molecular flexibility index (Phi) is 6.76. The van der Waals surface area contributed by atoms with Crippen molar-refractivity contribution in [3.63, 3.8) is 0 Å². The van der Waals surface area contributed by atoms with Crippen molar-refractivity contribution < 1.29 is 9.53 Å². The minimum Gasteiger partial charge on any atom is -0.492 e. The molecule has 32 heavy (non-hydrogen) atoms. The van der Waals surface area contributed by atoms with E-state index in [1.54, 1.807) is 0 Å². The Labute approximate surface area is 193 Å². The lowest BCUT2D eigenvalue weighted by Crippen LogP contribution is -2.26. The van der Waals surface area contributed by atoms with Gasteiger partial charge in [0.15, 0.2) is 0 Å². The van der Waals surface area contributed by atoms with Crippen LogP contribution in [-0.2, 0) is 13.0 Å². The summed E-state index contributed by atoms with van der Waals surface area (Å²) >= 11 is 6.10. The summed E-state index contributed by atoms with van der Waals surface area (Å²) in [5.74, 6) is 1.65. The second-order valence-electron chi connectivity index (χ2n) is 7.80. The third-order valence-electron chi connectivity index (χ3n) is 5.36. The fourth-order valence-electron chi connectivity index (χ4n) is 3.70. The number of hydrogen-bond acceptors (Lipinski definition) is 3. The lowest BCUT2D eigenvalue weighted by molar-refractivity contribution is 0.0953. The van der Waals surface area contributed by atoms with E-state index in [1.807, 2.05) is 74.5 Å². The average Bonchev–Trinajstić information content (AvgIpc) is 3.13. The molecule has 6 heteroatoms. The van der Waals surface area contributed by atoms with Crippen LogP contribution in [0, 0.1) is 13.8 Å². The van der Waals surface area contributed by atoms with E-state index in [4.69, 9.17) is 21.3 Å². The number of amides is 1. The number of nitrogens with one attached hydrogen (secondary N) is 1. The Bertz CT molecular complexity index is 1250. The number of benzene rings is 3. The number of carbonyl (C=O) groups excluding carboxylic acids is 1. The van der Waals surface area contributed by atoms with Gasteiger partial charge in [0.2, 0.25) is 0 Å². The van der Waals surface area contributed by atoms with Gasteiger partial charge >= 0.3 is 0 Å².